The number of carbonyl (C=O) groups excluding carboxylic acids is 2. The van der Waals surface area contributed by atoms with Gasteiger partial charge >= 0.3 is 0 Å². The largest absolute Gasteiger partial charge is 0.483 e. The summed E-state index contributed by atoms with van der Waals surface area (Å²) >= 11 is 3.49. The van der Waals surface area contributed by atoms with Gasteiger partial charge in [-0.3, -0.25) is 9.59 Å². The Morgan fingerprint density at radius 3 is 2.21 bits per heavy atom. The number of nitrogens with one attached hydrogen (secondary N) is 2. The van der Waals surface area contributed by atoms with Gasteiger partial charge in [-0.2, -0.15) is 0 Å². The highest BCUT2D eigenvalue weighted by Gasteiger charge is 2.20. The van der Waals surface area contributed by atoms with E-state index in [4.69, 9.17) is 4.74 Å². The van der Waals surface area contributed by atoms with Crippen molar-refractivity contribution in [2.24, 2.45) is 0 Å². The summed E-state index contributed by atoms with van der Waals surface area (Å²) in [6.07, 6.45) is 0.396. The van der Waals surface area contributed by atoms with Crippen molar-refractivity contribution in [1.82, 2.24) is 0 Å². The first kappa shape index (κ1) is 22.0. The minimum Gasteiger partial charge on any atom is -0.483 e. The summed E-state index contributed by atoms with van der Waals surface area (Å²) in [6, 6.07) is 11.2. The fourth-order valence-electron chi connectivity index (χ4n) is 2.69. The number of ether oxygens (including phenoxy) is 1. The molecule has 0 spiro atoms. The summed E-state index contributed by atoms with van der Waals surface area (Å²) in [5.41, 5.74) is 3.05. The zero-order chi connectivity index (χ0) is 20.9. The van der Waals surface area contributed by atoms with E-state index in [1.54, 1.807) is 19.1 Å². The monoisotopic (exact) mass is 446 g/mol. The summed E-state index contributed by atoms with van der Waals surface area (Å²) in [4.78, 5) is 24.1. The molecule has 0 aliphatic carbocycles. The van der Waals surface area contributed by atoms with E-state index in [0.29, 0.717) is 23.5 Å². The van der Waals surface area contributed by atoms with E-state index in [9.17, 15) is 9.59 Å². The smallest absolute Gasteiger partial charge is 0.262 e. The van der Waals surface area contributed by atoms with Crippen LogP contribution in [-0.4, -0.2) is 18.4 Å². The molecule has 0 saturated heterocycles. The lowest BCUT2D eigenvalue weighted by molar-refractivity contribution is -0.118. The van der Waals surface area contributed by atoms with Crippen LogP contribution in [0.4, 0.5) is 11.4 Å². The minimum atomic E-state index is -0.259. The average molecular weight is 447 g/mol. The molecule has 5 nitrogen and oxygen atoms in total. The molecule has 2 rings (SSSR count). The van der Waals surface area contributed by atoms with Crippen molar-refractivity contribution >= 4 is 39.1 Å². The number of anilines is 2. The van der Waals surface area contributed by atoms with Gasteiger partial charge in [-0.1, -0.05) is 49.7 Å². The van der Waals surface area contributed by atoms with Gasteiger partial charge < -0.3 is 15.4 Å². The van der Waals surface area contributed by atoms with Crippen LogP contribution in [0.5, 0.6) is 5.75 Å². The molecule has 0 atom stereocenters. The molecule has 0 unspecified atom stereocenters. The molecule has 2 N–H and O–H groups in total. The topological polar surface area (TPSA) is 67.4 Å². The summed E-state index contributed by atoms with van der Waals surface area (Å²) in [6.45, 7) is 9.84. The van der Waals surface area contributed by atoms with Gasteiger partial charge in [0.05, 0.1) is 0 Å². The first-order chi connectivity index (χ1) is 13.1. The maximum absolute atomic E-state index is 12.4. The molecule has 6 heteroatoms. The maximum atomic E-state index is 12.4. The van der Waals surface area contributed by atoms with Crippen molar-refractivity contribution < 1.29 is 14.3 Å². The second-order valence-corrected chi connectivity index (χ2v) is 8.52. The molecule has 0 aliphatic heterocycles. The van der Waals surface area contributed by atoms with E-state index < -0.39 is 0 Å². The fourth-order valence-corrected chi connectivity index (χ4v) is 3.05. The molecule has 0 heterocycles. The third-order valence-corrected chi connectivity index (χ3v) is 4.80. The van der Waals surface area contributed by atoms with Crippen molar-refractivity contribution in [1.29, 1.82) is 0 Å². The number of halogens is 1. The normalized spacial score (nSPS) is 11.1. The number of benzene rings is 2. The number of rotatable bonds is 6. The van der Waals surface area contributed by atoms with Gasteiger partial charge in [0.1, 0.15) is 5.75 Å². The van der Waals surface area contributed by atoms with Crippen molar-refractivity contribution in [3.63, 3.8) is 0 Å². The van der Waals surface area contributed by atoms with Crippen LogP contribution in [0.2, 0.25) is 0 Å². The van der Waals surface area contributed by atoms with Crippen LogP contribution in [-0.2, 0) is 15.0 Å². The van der Waals surface area contributed by atoms with E-state index in [-0.39, 0.29) is 23.8 Å². The van der Waals surface area contributed by atoms with Gasteiger partial charge in [0, 0.05) is 27.8 Å². The Morgan fingerprint density at radius 2 is 1.64 bits per heavy atom. The lowest BCUT2D eigenvalue weighted by Crippen LogP contribution is -2.22. The van der Waals surface area contributed by atoms with Gasteiger partial charge in [-0.05, 0) is 48.2 Å². The lowest BCUT2D eigenvalue weighted by Gasteiger charge is -2.23. The van der Waals surface area contributed by atoms with Crippen LogP contribution in [0.25, 0.3) is 0 Å². The molecule has 2 aromatic carbocycles. The molecule has 0 saturated carbocycles. The number of hydrogen-bond acceptors (Lipinski definition) is 3. The highest BCUT2D eigenvalue weighted by Crippen LogP contribution is 2.33. The highest BCUT2D eigenvalue weighted by molar-refractivity contribution is 9.10. The molecule has 0 aliphatic rings. The van der Waals surface area contributed by atoms with E-state index in [0.717, 1.165) is 15.6 Å². The Hall–Kier alpha value is -2.34. The van der Waals surface area contributed by atoms with Gasteiger partial charge in [-0.25, -0.2) is 0 Å². The predicted octanol–water partition coefficient (Wildman–Crippen LogP) is 5.42. The first-order valence-corrected chi connectivity index (χ1v) is 10.0. The standard InChI is InChI=1S/C22H27BrN2O3/c1-6-20(26)24-17-8-7-9-18(14(17)2)25-21(27)13-28-19-11-10-15(23)12-16(19)22(3,4)5/h7-12H,6,13H2,1-5H3,(H,24,26)(H,25,27). The number of carbonyl (C=O) groups is 2. The molecular formula is C22H27BrN2O3. The molecular weight excluding hydrogens is 420 g/mol. The molecule has 0 bridgehead atoms. The Kier molecular flexibility index (Phi) is 7.24. The van der Waals surface area contributed by atoms with Crippen LogP contribution in [0, 0.1) is 6.92 Å². The van der Waals surface area contributed by atoms with Crippen LogP contribution in [0.15, 0.2) is 40.9 Å². The number of amides is 2. The minimum absolute atomic E-state index is 0.0696. The molecule has 150 valence electrons. The van der Waals surface area contributed by atoms with Crippen molar-refractivity contribution in [2.75, 3.05) is 17.2 Å². The first-order valence-electron chi connectivity index (χ1n) is 9.24. The summed E-state index contributed by atoms with van der Waals surface area (Å²) < 4.78 is 6.77. The van der Waals surface area contributed by atoms with E-state index >= 15 is 0 Å². The SMILES string of the molecule is CCC(=O)Nc1cccc(NC(=O)COc2ccc(Br)cc2C(C)(C)C)c1C. The highest BCUT2D eigenvalue weighted by atomic mass is 79.9. The Morgan fingerprint density at radius 1 is 1.04 bits per heavy atom. The second-order valence-electron chi connectivity index (χ2n) is 7.61. The maximum Gasteiger partial charge on any atom is 0.262 e. The molecule has 0 fully saturated rings. The van der Waals surface area contributed by atoms with Gasteiger partial charge in [-0.15, -0.1) is 0 Å². The second kappa shape index (κ2) is 9.24. The molecule has 2 aromatic rings. The fraction of sp³-hybridized carbons (Fsp3) is 0.364. The Balaban J connectivity index is 2.08. The van der Waals surface area contributed by atoms with Gasteiger partial charge in [0.25, 0.3) is 5.91 Å². The number of hydrogen-bond donors (Lipinski definition) is 2. The zero-order valence-corrected chi connectivity index (χ0v) is 18.6. The molecule has 2 amide bonds. The van der Waals surface area contributed by atoms with Crippen molar-refractivity contribution in [3.8, 4) is 5.75 Å². The zero-order valence-electron chi connectivity index (χ0n) is 17.0. The van der Waals surface area contributed by atoms with Crippen molar-refractivity contribution in [2.45, 2.75) is 46.5 Å². The third kappa shape index (κ3) is 5.83. The van der Waals surface area contributed by atoms with Crippen LogP contribution >= 0.6 is 15.9 Å². The Bertz CT molecular complexity index is 873. The summed E-state index contributed by atoms with van der Waals surface area (Å²) in [5, 5.41) is 5.69. The third-order valence-electron chi connectivity index (χ3n) is 4.31. The Labute approximate surface area is 175 Å². The average Bonchev–Trinajstić information content (AvgIpc) is 2.63. The molecule has 0 aromatic heterocycles. The lowest BCUT2D eigenvalue weighted by atomic mass is 9.86. The van der Waals surface area contributed by atoms with Crippen LogP contribution in [0.1, 0.15) is 45.2 Å². The molecule has 0 radical (unpaired) electrons. The summed E-state index contributed by atoms with van der Waals surface area (Å²) in [7, 11) is 0. The predicted molar refractivity (Wildman–Crippen MR) is 117 cm³/mol. The summed E-state index contributed by atoms with van der Waals surface area (Å²) in [5.74, 6) is 0.358. The van der Waals surface area contributed by atoms with Crippen molar-refractivity contribution in [3.05, 3.63) is 52.0 Å². The van der Waals surface area contributed by atoms with Crippen LogP contribution in [0.3, 0.4) is 0 Å². The van der Waals surface area contributed by atoms with Crippen LogP contribution < -0.4 is 15.4 Å². The van der Waals surface area contributed by atoms with Gasteiger partial charge in [0.2, 0.25) is 5.91 Å². The van der Waals surface area contributed by atoms with E-state index in [1.165, 1.54) is 0 Å². The quantitative estimate of drug-likeness (QED) is 0.621. The molecule has 28 heavy (non-hydrogen) atoms. The van der Waals surface area contributed by atoms with E-state index in [2.05, 4.69) is 47.3 Å². The van der Waals surface area contributed by atoms with E-state index in [1.807, 2.05) is 31.2 Å². The van der Waals surface area contributed by atoms with Gasteiger partial charge in [0.15, 0.2) is 6.61 Å².